The maximum Gasteiger partial charge on any atom is 0.235 e. The van der Waals surface area contributed by atoms with E-state index in [1.165, 1.54) is 5.69 Å². The molecule has 0 atom stereocenters. The van der Waals surface area contributed by atoms with Crippen LogP contribution in [0.3, 0.4) is 0 Å². The van der Waals surface area contributed by atoms with E-state index in [-0.39, 0.29) is 5.75 Å². The molecule has 122 valence electrons. The molecule has 0 aromatic heterocycles. The van der Waals surface area contributed by atoms with Gasteiger partial charge < -0.3 is 9.64 Å². The Morgan fingerprint density at radius 2 is 1.95 bits per heavy atom. The fraction of sp³-hybridized carbons (Fsp3) is 0.625. The minimum atomic E-state index is -3.17. The number of sulfonamides is 1. The topological polar surface area (TPSA) is 49.9 Å². The molecule has 0 aliphatic carbocycles. The number of anilines is 2. The predicted octanol–water partition coefficient (Wildman–Crippen LogP) is 2.02. The van der Waals surface area contributed by atoms with Gasteiger partial charge in [0.25, 0.3) is 0 Å². The molecule has 0 saturated carbocycles. The predicted molar refractivity (Wildman–Crippen MR) is 89.2 cm³/mol. The summed E-state index contributed by atoms with van der Waals surface area (Å²) in [5.41, 5.74) is 3.19. The van der Waals surface area contributed by atoms with Gasteiger partial charge >= 0.3 is 0 Å². The summed E-state index contributed by atoms with van der Waals surface area (Å²) >= 11 is 0. The highest BCUT2D eigenvalue weighted by atomic mass is 32.2. The van der Waals surface area contributed by atoms with Crippen molar-refractivity contribution in [3.05, 3.63) is 23.8 Å². The molecule has 6 heteroatoms. The number of hydrogen-bond donors (Lipinski definition) is 0. The summed E-state index contributed by atoms with van der Waals surface area (Å²) in [6, 6.07) is 6.16. The standard InChI is InChI=1S/C16H24N2O3S/c1-2-3-12-22(19,20)18-7-6-14-13-15(4-5-16(14)18)17-8-10-21-11-9-17/h4-5,13H,2-3,6-12H2,1H3. The molecule has 3 rings (SSSR count). The van der Waals surface area contributed by atoms with Crippen LogP contribution in [0.1, 0.15) is 25.3 Å². The van der Waals surface area contributed by atoms with Crippen molar-refractivity contribution in [2.24, 2.45) is 0 Å². The van der Waals surface area contributed by atoms with Gasteiger partial charge in [-0.3, -0.25) is 4.31 Å². The Morgan fingerprint density at radius 1 is 1.18 bits per heavy atom. The molecule has 0 bridgehead atoms. The van der Waals surface area contributed by atoms with Crippen LogP contribution in [0.4, 0.5) is 11.4 Å². The Hall–Kier alpha value is -1.27. The molecular weight excluding hydrogens is 300 g/mol. The summed E-state index contributed by atoms with van der Waals surface area (Å²) < 4.78 is 31.9. The van der Waals surface area contributed by atoms with Gasteiger partial charge in [0.2, 0.25) is 10.0 Å². The lowest BCUT2D eigenvalue weighted by molar-refractivity contribution is 0.122. The van der Waals surface area contributed by atoms with Gasteiger partial charge in [0.15, 0.2) is 0 Å². The highest BCUT2D eigenvalue weighted by Crippen LogP contribution is 2.34. The number of fused-ring (bicyclic) bond motifs is 1. The van der Waals surface area contributed by atoms with Crippen LogP contribution < -0.4 is 9.21 Å². The Kier molecular flexibility index (Phi) is 4.59. The highest BCUT2D eigenvalue weighted by Gasteiger charge is 2.29. The molecule has 22 heavy (non-hydrogen) atoms. The van der Waals surface area contributed by atoms with E-state index in [4.69, 9.17) is 4.74 Å². The molecule has 0 radical (unpaired) electrons. The molecule has 5 nitrogen and oxygen atoms in total. The SMILES string of the molecule is CCCCS(=O)(=O)N1CCc2cc(N3CCOCC3)ccc21. The van der Waals surface area contributed by atoms with E-state index in [1.807, 2.05) is 19.1 Å². The third-order valence-corrected chi connectivity index (χ3v) is 6.24. The molecule has 0 amide bonds. The van der Waals surface area contributed by atoms with E-state index in [0.717, 1.165) is 56.8 Å². The second-order valence-electron chi connectivity index (χ2n) is 5.90. The number of hydrogen-bond acceptors (Lipinski definition) is 4. The molecule has 2 heterocycles. The van der Waals surface area contributed by atoms with Crippen LogP contribution in [-0.2, 0) is 21.2 Å². The van der Waals surface area contributed by atoms with Crippen molar-refractivity contribution in [3.8, 4) is 0 Å². The molecule has 1 aromatic rings. The molecule has 1 saturated heterocycles. The van der Waals surface area contributed by atoms with E-state index in [9.17, 15) is 8.42 Å². The van der Waals surface area contributed by atoms with Gasteiger partial charge in [0, 0.05) is 25.3 Å². The Bertz CT molecular complexity index is 624. The van der Waals surface area contributed by atoms with Crippen LogP contribution in [0, 0.1) is 0 Å². The van der Waals surface area contributed by atoms with Crippen molar-refractivity contribution in [2.75, 3.05) is 47.8 Å². The Labute approximate surface area is 132 Å². The number of benzene rings is 1. The number of nitrogens with zero attached hydrogens (tertiary/aromatic N) is 2. The summed E-state index contributed by atoms with van der Waals surface area (Å²) in [6.07, 6.45) is 2.43. The van der Waals surface area contributed by atoms with Crippen LogP contribution in [0.5, 0.6) is 0 Å². The van der Waals surface area contributed by atoms with E-state index in [2.05, 4.69) is 11.0 Å². The maximum absolute atomic E-state index is 12.4. The smallest absolute Gasteiger partial charge is 0.235 e. The van der Waals surface area contributed by atoms with Crippen LogP contribution >= 0.6 is 0 Å². The lowest BCUT2D eigenvalue weighted by atomic mass is 10.1. The van der Waals surface area contributed by atoms with Crippen LogP contribution in [0.15, 0.2) is 18.2 Å². The summed E-state index contributed by atoms with van der Waals surface area (Å²) in [5.74, 6) is 0.244. The average molecular weight is 324 g/mol. The van der Waals surface area contributed by atoms with Gasteiger partial charge in [-0.15, -0.1) is 0 Å². The zero-order valence-electron chi connectivity index (χ0n) is 13.1. The molecule has 0 spiro atoms. The van der Waals surface area contributed by atoms with Gasteiger partial charge in [0.1, 0.15) is 0 Å². The van der Waals surface area contributed by atoms with Gasteiger partial charge in [-0.1, -0.05) is 13.3 Å². The first-order valence-corrected chi connectivity index (χ1v) is 9.69. The maximum atomic E-state index is 12.4. The fourth-order valence-corrected chi connectivity index (χ4v) is 4.82. The monoisotopic (exact) mass is 324 g/mol. The zero-order valence-corrected chi connectivity index (χ0v) is 13.9. The van der Waals surface area contributed by atoms with Gasteiger partial charge in [-0.25, -0.2) is 8.42 Å². The Balaban J connectivity index is 1.80. The molecular formula is C16H24N2O3S. The first-order chi connectivity index (χ1) is 10.6. The van der Waals surface area contributed by atoms with Gasteiger partial charge in [-0.2, -0.15) is 0 Å². The van der Waals surface area contributed by atoms with Gasteiger partial charge in [-0.05, 0) is 36.6 Å². The first-order valence-electron chi connectivity index (χ1n) is 8.08. The zero-order chi connectivity index (χ0) is 15.6. The lowest BCUT2D eigenvalue weighted by Gasteiger charge is -2.29. The number of morpholine rings is 1. The molecule has 1 fully saturated rings. The van der Waals surface area contributed by atoms with Crippen molar-refractivity contribution in [3.63, 3.8) is 0 Å². The van der Waals surface area contributed by atoms with Crippen molar-refractivity contribution in [1.82, 2.24) is 0 Å². The number of ether oxygens (including phenoxy) is 1. The Morgan fingerprint density at radius 3 is 2.68 bits per heavy atom. The van der Waals surface area contributed by atoms with Crippen molar-refractivity contribution < 1.29 is 13.2 Å². The average Bonchev–Trinajstić information content (AvgIpc) is 2.98. The molecule has 0 N–H and O–H groups in total. The van der Waals surface area contributed by atoms with Crippen LogP contribution in [-0.4, -0.2) is 47.0 Å². The second-order valence-corrected chi connectivity index (χ2v) is 7.92. The van der Waals surface area contributed by atoms with Crippen LogP contribution in [0.2, 0.25) is 0 Å². The van der Waals surface area contributed by atoms with Crippen molar-refractivity contribution in [1.29, 1.82) is 0 Å². The van der Waals surface area contributed by atoms with Gasteiger partial charge in [0.05, 0.1) is 24.7 Å². The third-order valence-electron chi connectivity index (χ3n) is 4.38. The second kappa shape index (κ2) is 6.46. The summed E-state index contributed by atoms with van der Waals surface area (Å²) in [4.78, 5) is 2.30. The van der Waals surface area contributed by atoms with Crippen molar-refractivity contribution >= 4 is 21.4 Å². The largest absolute Gasteiger partial charge is 0.378 e. The van der Waals surface area contributed by atoms with E-state index in [1.54, 1.807) is 4.31 Å². The van der Waals surface area contributed by atoms with Crippen LogP contribution in [0.25, 0.3) is 0 Å². The quantitative estimate of drug-likeness (QED) is 0.831. The normalized spacial score (nSPS) is 18.6. The lowest BCUT2D eigenvalue weighted by Crippen LogP contribution is -2.36. The number of rotatable bonds is 5. The van der Waals surface area contributed by atoms with E-state index < -0.39 is 10.0 Å². The first kappa shape index (κ1) is 15.6. The minimum Gasteiger partial charge on any atom is -0.378 e. The minimum absolute atomic E-state index is 0.244. The number of unbranched alkanes of at least 4 members (excludes halogenated alkanes) is 1. The fourth-order valence-electron chi connectivity index (χ4n) is 3.10. The summed E-state index contributed by atoms with van der Waals surface area (Å²) in [6.45, 7) is 5.91. The molecule has 1 aromatic carbocycles. The highest BCUT2D eigenvalue weighted by molar-refractivity contribution is 7.92. The molecule has 0 unspecified atom stereocenters. The van der Waals surface area contributed by atoms with E-state index >= 15 is 0 Å². The van der Waals surface area contributed by atoms with Crippen molar-refractivity contribution in [2.45, 2.75) is 26.2 Å². The molecule has 2 aliphatic rings. The summed E-state index contributed by atoms with van der Waals surface area (Å²) in [7, 11) is -3.17. The summed E-state index contributed by atoms with van der Waals surface area (Å²) in [5, 5.41) is 0. The third kappa shape index (κ3) is 3.08. The molecule has 2 aliphatic heterocycles. The van der Waals surface area contributed by atoms with E-state index in [0.29, 0.717) is 6.54 Å².